The summed E-state index contributed by atoms with van der Waals surface area (Å²) in [5, 5.41) is 12.2. The number of nitrogens with zero attached hydrogens (tertiary/aromatic N) is 6. The van der Waals surface area contributed by atoms with Gasteiger partial charge in [-0.05, 0) is 55.5 Å². The molecule has 2 aromatic carbocycles. The molecule has 2 aromatic heterocycles. The number of nitrogens with one attached hydrogen (secondary N) is 1. The van der Waals surface area contributed by atoms with E-state index in [2.05, 4.69) is 30.5 Å². The topological polar surface area (TPSA) is 78.7 Å². The molecule has 0 saturated carbocycles. The summed E-state index contributed by atoms with van der Waals surface area (Å²) in [7, 11) is 3.92. The second-order valence-corrected chi connectivity index (χ2v) is 7.85. The van der Waals surface area contributed by atoms with Crippen LogP contribution in [0, 0.1) is 6.92 Å². The lowest BCUT2D eigenvalue weighted by atomic mass is 10.2. The van der Waals surface area contributed by atoms with Gasteiger partial charge >= 0.3 is 6.18 Å². The molecule has 4 rings (SSSR count). The zero-order valence-corrected chi connectivity index (χ0v) is 18.8. The molecule has 10 heteroatoms. The van der Waals surface area contributed by atoms with E-state index in [0.29, 0.717) is 17.1 Å². The molecule has 0 spiro atoms. The standard InChI is InChI=1S/C24H22F3N7/c1-15-21-10-9-20(34(2)3)12-22(21)32-23(30-15)33-29-14-18-7-8-19(13-28-18)31-17-6-4-5-16(11-17)24(25,26)27/h4-13,31H,14H2,1-3H3. The van der Waals surface area contributed by atoms with E-state index in [4.69, 9.17) is 0 Å². The summed E-state index contributed by atoms with van der Waals surface area (Å²) in [6, 6.07) is 14.4. The quantitative estimate of drug-likeness (QED) is 0.331. The molecular weight excluding hydrogens is 443 g/mol. The minimum Gasteiger partial charge on any atom is -0.378 e. The Morgan fingerprint density at radius 3 is 2.50 bits per heavy atom. The second kappa shape index (κ2) is 9.42. The van der Waals surface area contributed by atoms with Gasteiger partial charge in [0.05, 0.1) is 34.4 Å². The van der Waals surface area contributed by atoms with Gasteiger partial charge in [-0.3, -0.25) is 4.98 Å². The maximum Gasteiger partial charge on any atom is 0.416 e. The summed E-state index contributed by atoms with van der Waals surface area (Å²) in [6.07, 6.45) is -2.86. The highest BCUT2D eigenvalue weighted by Gasteiger charge is 2.30. The Bertz CT molecular complexity index is 1330. The van der Waals surface area contributed by atoms with Crippen molar-refractivity contribution in [3.8, 4) is 0 Å². The highest BCUT2D eigenvalue weighted by Crippen LogP contribution is 2.31. The number of hydrogen-bond donors (Lipinski definition) is 1. The second-order valence-electron chi connectivity index (χ2n) is 7.85. The molecule has 0 atom stereocenters. The summed E-state index contributed by atoms with van der Waals surface area (Å²) in [4.78, 5) is 15.2. The number of alkyl halides is 3. The Hall–Kier alpha value is -4.08. The molecule has 7 nitrogen and oxygen atoms in total. The lowest BCUT2D eigenvalue weighted by molar-refractivity contribution is -0.137. The van der Waals surface area contributed by atoms with Crippen LogP contribution in [-0.2, 0) is 12.7 Å². The van der Waals surface area contributed by atoms with E-state index in [9.17, 15) is 13.2 Å². The largest absolute Gasteiger partial charge is 0.416 e. The molecule has 174 valence electrons. The fourth-order valence-electron chi connectivity index (χ4n) is 3.29. The van der Waals surface area contributed by atoms with E-state index in [-0.39, 0.29) is 12.5 Å². The number of benzene rings is 2. The average molecular weight is 465 g/mol. The van der Waals surface area contributed by atoms with Gasteiger partial charge in [-0.2, -0.15) is 18.3 Å². The van der Waals surface area contributed by atoms with E-state index < -0.39 is 11.7 Å². The molecule has 0 unspecified atom stereocenters. The Kier molecular flexibility index (Phi) is 6.40. The molecule has 0 fully saturated rings. The van der Waals surface area contributed by atoms with Gasteiger partial charge in [-0.15, -0.1) is 5.11 Å². The number of fused-ring (bicyclic) bond motifs is 1. The first-order valence-electron chi connectivity index (χ1n) is 10.4. The third kappa shape index (κ3) is 5.45. The van der Waals surface area contributed by atoms with Crippen molar-refractivity contribution in [2.75, 3.05) is 24.3 Å². The van der Waals surface area contributed by atoms with Gasteiger partial charge in [-0.1, -0.05) is 6.07 Å². The van der Waals surface area contributed by atoms with Crippen LogP contribution in [0.25, 0.3) is 10.9 Å². The molecule has 0 saturated heterocycles. The van der Waals surface area contributed by atoms with Crippen LogP contribution >= 0.6 is 0 Å². The number of pyridine rings is 1. The molecule has 0 aliphatic carbocycles. The van der Waals surface area contributed by atoms with Crippen LogP contribution < -0.4 is 10.2 Å². The highest BCUT2D eigenvalue weighted by molar-refractivity contribution is 5.84. The van der Waals surface area contributed by atoms with Crippen molar-refractivity contribution in [1.29, 1.82) is 0 Å². The van der Waals surface area contributed by atoms with Gasteiger partial charge < -0.3 is 10.2 Å². The molecule has 4 aromatic rings. The number of halogens is 3. The van der Waals surface area contributed by atoms with E-state index in [0.717, 1.165) is 34.4 Å². The lowest BCUT2D eigenvalue weighted by Crippen LogP contribution is -2.08. The van der Waals surface area contributed by atoms with Crippen LogP contribution in [0.5, 0.6) is 0 Å². The molecule has 34 heavy (non-hydrogen) atoms. The predicted octanol–water partition coefficient (Wildman–Crippen LogP) is 6.45. The van der Waals surface area contributed by atoms with E-state index in [1.807, 2.05) is 44.1 Å². The summed E-state index contributed by atoms with van der Waals surface area (Å²) in [5.74, 6) is 0.267. The smallest absolute Gasteiger partial charge is 0.378 e. The maximum atomic E-state index is 12.9. The van der Waals surface area contributed by atoms with Crippen LogP contribution in [-0.4, -0.2) is 29.0 Å². The predicted molar refractivity (Wildman–Crippen MR) is 126 cm³/mol. The van der Waals surface area contributed by atoms with Crippen LogP contribution in [0.4, 0.5) is 36.2 Å². The fourth-order valence-corrected chi connectivity index (χ4v) is 3.29. The minimum atomic E-state index is -4.40. The first-order chi connectivity index (χ1) is 16.2. The number of hydrogen-bond acceptors (Lipinski definition) is 7. The lowest BCUT2D eigenvalue weighted by Gasteiger charge is -2.13. The van der Waals surface area contributed by atoms with Crippen molar-refractivity contribution in [3.63, 3.8) is 0 Å². The number of azo groups is 1. The molecule has 2 heterocycles. The Morgan fingerprint density at radius 1 is 0.971 bits per heavy atom. The summed E-state index contributed by atoms with van der Waals surface area (Å²) in [5.41, 5.74) is 3.44. The molecule has 0 aliphatic rings. The van der Waals surface area contributed by atoms with Crippen molar-refractivity contribution in [3.05, 3.63) is 77.7 Å². The van der Waals surface area contributed by atoms with Crippen LogP contribution in [0.2, 0.25) is 0 Å². The first-order valence-corrected chi connectivity index (χ1v) is 10.4. The first kappa shape index (κ1) is 23.1. The van der Waals surface area contributed by atoms with Gasteiger partial charge in [0.2, 0.25) is 0 Å². The van der Waals surface area contributed by atoms with Crippen LogP contribution in [0.3, 0.4) is 0 Å². The Morgan fingerprint density at radius 2 is 1.79 bits per heavy atom. The van der Waals surface area contributed by atoms with Gasteiger partial charge in [0.1, 0.15) is 6.54 Å². The van der Waals surface area contributed by atoms with Gasteiger partial charge in [0.15, 0.2) is 0 Å². The zero-order valence-electron chi connectivity index (χ0n) is 18.8. The van der Waals surface area contributed by atoms with Gasteiger partial charge in [0, 0.05) is 30.9 Å². The Labute approximate surface area is 194 Å². The van der Waals surface area contributed by atoms with Crippen molar-refractivity contribution in [2.45, 2.75) is 19.6 Å². The van der Waals surface area contributed by atoms with E-state index in [1.165, 1.54) is 12.3 Å². The Balaban J connectivity index is 1.43. The van der Waals surface area contributed by atoms with Crippen molar-refractivity contribution < 1.29 is 13.2 Å². The van der Waals surface area contributed by atoms with E-state index >= 15 is 0 Å². The summed E-state index contributed by atoms with van der Waals surface area (Å²) in [6.45, 7) is 2.11. The minimum absolute atomic E-state index is 0.210. The van der Waals surface area contributed by atoms with Crippen LogP contribution in [0.1, 0.15) is 17.0 Å². The van der Waals surface area contributed by atoms with Crippen molar-refractivity contribution >= 4 is 33.9 Å². The highest BCUT2D eigenvalue weighted by atomic mass is 19.4. The molecule has 1 N–H and O–H groups in total. The monoisotopic (exact) mass is 465 g/mol. The third-order valence-electron chi connectivity index (χ3n) is 5.07. The normalized spacial score (nSPS) is 11.8. The average Bonchev–Trinajstić information content (AvgIpc) is 2.79. The summed E-state index contributed by atoms with van der Waals surface area (Å²) >= 11 is 0. The van der Waals surface area contributed by atoms with Gasteiger partial charge in [-0.25, -0.2) is 9.97 Å². The molecule has 0 aliphatic heterocycles. The molecule has 0 bridgehead atoms. The number of anilines is 3. The molecule has 0 radical (unpaired) electrons. The fraction of sp³-hybridized carbons (Fsp3) is 0.208. The zero-order chi connectivity index (χ0) is 24.3. The number of aryl methyl sites for hydroxylation is 1. The van der Waals surface area contributed by atoms with E-state index in [1.54, 1.807) is 18.2 Å². The summed E-state index contributed by atoms with van der Waals surface area (Å²) < 4.78 is 38.6. The SMILES string of the molecule is Cc1nc(N=NCc2ccc(Nc3cccc(C(F)(F)F)c3)cn2)nc2cc(N(C)C)ccc12. The van der Waals surface area contributed by atoms with Crippen molar-refractivity contribution in [1.82, 2.24) is 15.0 Å². The molecule has 0 amide bonds. The maximum absolute atomic E-state index is 12.9. The van der Waals surface area contributed by atoms with Crippen molar-refractivity contribution in [2.24, 2.45) is 10.2 Å². The number of aromatic nitrogens is 3. The van der Waals surface area contributed by atoms with Crippen LogP contribution in [0.15, 0.2) is 71.0 Å². The third-order valence-corrected chi connectivity index (χ3v) is 5.07. The van der Waals surface area contributed by atoms with Gasteiger partial charge in [0.25, 0.3) is 5.95 Å². The molecular formula is C24H22F3N7. The number of rotatable bonds is 6.